The summed E-state index contributed by atoms with van der Waals surface area (Å²) in [6.07, 6.45) is 1.04. The zero-order valence-corrected chi connectivity index (χ0v) is 18.2. The summed E-state index contributed by atoms with van der Waals surface area (Å²) in [5, 5.41) is 0.966. The molecule has 2 aromatic rings. The Morgan fingerprint density at radius 2 is 1.65 bits per heavy atom. The molecule has 2 rings (SSSR count). The molecule has 0 aliphatic rings. The third-order valence-corrected chi connectivity index (χ3v) is 6.27. The number of alkyl halides is 2. The first-order chi connectivity index (χ1) is 9.60. The van der Waals surface area contributed by atoms with Crippen molar-refractivity contribution in [1.82, 2.24) is 0 Å². The van der Waals surface area contributed by atoms with E-state index in [1.54, 1.807) is 0 Å². The predicted octanol–water partition coefficient (Wildman–Crippen LogP) is 6.38. The van der Waals surface area contributed by atoms with Gasteiger partial charge in [0, 0.05) is 23.2 Å². The Hall–Kier alpha value is 0.860. The van der Waals surface area contributed by atoms with E-state index in [0.29, 0.717) is 10.7 Å². The van der Waals surface area contributed by atoms with Gasteiger partial charge >= 0.3 is 0 Å². The molecule has 0 spiro atoms. The van der Waals surface area contributed by atoms with Crippen LogP contribution in [0.2, 0.25) is 0 Å². The van der Waals surface area contributed by atoms with Crippen LogP contribution in [0.4, 0.5) is 0 Å². The van der Waals surface area contributed by atoms with E-state index in [-0.39, 0.29) is 0 Å². The molecule has 0 aliphatic heterocycles. The highest BCUT2D eigenvalue weighted by Crippen LogP contribution is 2.30. The van der Waals surface area contributed by atoms with Crippen LogP contribution in [0.3, 0.4) is 0 Å². The smallest absolute Gasteiger partial charge is 0.0262 e. The van der Waals surface area contributed by atoms with Crippen molar-refractivity contribution in [2.24, 2.45) is 0 Å². The largest absolute Gasteiger partial charge is 0.0921 e. The molecule has 0 aliphatic carbocycles. The minimum Gasteiger partial charge on any atom is -0.0921 e. The zero-order valence-electron chi connectivity index (χ0n) is 10.7. The molecule has 0 aromatic heterocycles. The molecule has 2 unspecified atom stereocenters. The van der Waals surface area contributed by atoms with Gasteiger partial charge in [-0.3, -0.25) is 0 Å². The fraction of sp³-hybridized carbons (Fsp3) is 0.250. The van der Waals surface area contributed by atoms with Crippen LogP contribution in [0.25, 0.3) is 0 Å². The molecule has 0 saturated carbocycles. The Kier molecular flexibility index (Phi) is 7.30. The highest BCUT2D eigenvalue weighted by Gasteiger charge is 2.20. The SMILES string of the molecule is BrCC(c1cccc(I)c1)C(Br)Cc1ccc(I)cc1. The summed E-state index contributed by atoms with van der Waals surface area (Å²) in [6.45, 7) is 0. The molecular formula is C16H14Br2I2. The van der Waals surface area contributed by atoms with Gasteiger partial charge in [-0.05, 0) is 87.0 Å². The molecule has 0 N–H and O–H groups in total. The third-order valence-electron chi connectivity index (χ3n) is 3.22. The minimum atomic E-state index is 0.431. The van der Waals surface area contributed by atoms with Crippen molar-refractivity contribution in [3.63, 3.8) is 0 Å². The molecule has 20 heavy (non-hydrogen) atoms. The van der Waals surface area contributed by atoms with Crippen LogP contribution in [0.1, 0.15) is 17.0 Å². The monoisotopic (exact) mass is 618 g/mol. The first kappa shape index (κ1) is 17.2. The number of hydrogen-bond acceptors (Lipinski definition) is 0. The number of halogens is 4. The molecule has 0 amide bonds. The van der Waals surface area contributed by atoms with Crippen molar-refractivity contribution in [2.45, 2.75) is 17.2 Å². The molecule has 2 atom stereocenters. The summed E-state index contributed by atoms with van der Waals surface area (Å²) in [7, 11) is 0. The average Bonchev–Trinajstić information content (AvgIpc) is 2.42. The van der Waals surface area contributed by atoms with Gasteiger partial charge in [0.1, 0.15) is 0 Å². The van der Waals surface area contributed by atoms with Gasteiger partial charge in [0.25, 0.3) is 0 Å². The maximum absolute atomic E-state index is 3.89. The van der Waals surface area contributed by atoms with Gasteiger partial charge in [-0.1, -0.05) is 56.1 Å². The van der Waals surface area contributed by atoms with Crippen molar-refractivity contribution in [2.75, 3.05) is 5.33 Å². The van der Waals surface area contributed by atoms with Crippen molar-refractivity contribution < 1.29 is 0 Å². The zero-order chi connectivity index (χ0) is 14.5. The van der Waals surface area contributed by atoms with Gasteiger partial charge < -0.3 is 0 Å². The van der Waals surface area contributed by atoms with E-state index < -0.39 is 0 Å². The van der Waals surface area contributed by atoms with Crippen LogP contribution in [0.15, 0.2) is 48.5 Å². The molecule has 0 fully saturated rings. The van der Waals surface area contributed by atoms with Crippen molar-refractivity contribution in [1.29, 1.82) is 0 Å². The van der Waals surface area contributed by atoms with E-state index >= 15 is 0 Å². The van der Waals surface area contributed by atoms with Gasteiger partial charge in [-0.15, -0.1) is 0 Å². The average molecular weight is 620 g/mol. The second kappa shape index (κ2) is 8.48. The molecule has 0 heterocycles. The van der Waals surface area contributed by atoms with E-state index in [9.17, 15) is 0 Å². The fourth-order valence-corrected chi connectivity index (χ4v) is 5.24. The molecular weight excluding hydrogens is 606 g/mol. The van der Waals surface area contributed by atoms with Gasteiger partial charge in [0.15, 0.2) is 0 Å². The summed E-state index contributed by atoms with van der Waals surface area (Å²) < 4.78 is 2.58. The molecule has 2 aromatic carbocycles. The fourth-order valence-electron chi connectivity index (χ4n) is 2.12. The number of benzene rings is 2. The van der Waals surface area contributed by atoms with Crippen LogP contribution >= 0.6 is 77.0 Å². The number of rotatable bonds is 5. The lowest BCUT2D eigenvalue weighted by molar-refractivity contribution is 0.721. The van der Waals surface area contributed by atoms with Crippen molar-refractivity contribution in [3.8, 4) is 0 Å². The first-order valence-corrected chi connectivity index (χ1v) is 10.5. The molecule has 0 nitrogen and oxygen atoms in total. The Bertz CT molecular complexity index is 555. The van der Waals surface area contributed by atoms with Gasteiger partial charge in [-0.2, -0.15) is 0 Å². The maximum Gasteiger partial charge on any atom is 0.0262 e. The van der Waals surface area contributed by atoms with Crippen LogP contribution in [0.5, 0.6) is 0 Å². The maximum atomic E-state index is 3.89. The summed E-state index contributed by atoms with van der Waals surface area (Å²) in [6, 6.07) is 17.5. The second-order valence-corrected chi connectivity index (χ2v) is 8.98. The summed E-state index contributed by atoms with van der Waals surface area (Å²) in [5.41, 5.74) is 2.77. The van der Waals surface area contributed by atoms with Gasteiger partial charge in [0.2, 0.25) is 0 Å². The Labute approximate surface area is 164 Å². The highest BCUT2D eigenvalue weighted by molar-refractivity contribution is 14.1. The van der Waals surface area contributed by atoms with Crippen molar-refractivity contribution in [3.05, 3.63) is 66.8 Å². The van der Waals surface area contributed by atoms with Gasteiger partial charge in [0.05, 0.1) is 0 Å². The minimum absolute atomic E-state index is 0.431. The Balaban J connectivity index is 2.13. The van der Waals surface area contributed by atoms with E-state index in [4.69, 9.17) is 0 Å². The van der Waals surface area contributed by atoms with Crippen LogP contribution in [-0.4, -0.2) is 10.2 Å². The molecule has 0 bridgehead atoms. The van der Waals surface area contributed by atoms with E-state index in [2.05, 4.69) is 126 Å². The predicted molar refractivity (Wildman–Crippen MR) is 111 cm³/mol. The second-order valence-electron chi connectivity index (χ2n) is 4.66. The van der Waals surface area contributed by atoms with E-state index in [1.807, 2.05) is 0 Å². The lowest BCUT2D eigenvalue weighted by Crippen LogP contribution is -2.16. The Morgan fingerprint density at radius 1 is 0.950 bits per heavy atom. The van der Waals surface area contributed by atoms with E-state index in [0.717, 1.165) is 11.8 Å². The summed E-state index contributed by atoms with van der Waals surface area (Å²) in [4.78, 5) is 0.431. The standard InChI is InChI=1S/C16H14Br2I2/c17-10-15(12-2-1-3-14(20)9-12)16(18)8-11-4-6-13(19)7-5-11/h1-7,9,15-16H,8,10H2. The third kappa shape index (κ3) is 4.95. The summed E-state index contributed by atoms with van der Waals surface area (Å²) in [5.74, 6) is 0.476. The van der Waals surface area contributed by atoms with Gasteiger partial charge in [-0.25, -0.2) is 0 Å². The number of hydrogen-bond donors (Lipinski definition) is 0. The van der Waals surface area contributed by atoms with Crippen LogP contribution < -0.4 is 0 Å². The van der Waals surface area contributed by atoms with Crippen LogP contribution in [0, 0.1) is 7.14 Å². The Morgan fingerprint density at radius 3 is 2.25 bits per heavy atom. The van der Waals surface area contributed by atoms with Crippen LogP contribution in [-0.2, 0) is 6.42 Å². The highest BCUT2D eigenvalue weighted by atomic mass is 127. The molecule has 0 saturated heterocycles. The topological polar surface area (TPSA) is 0 Å². The lowest BCUT2D eigenvalue weighted by atomic mass is 9.94. The van der Waals surface area contributed by atoms with Crippen molar-refractivity contribution >= 4 is 77.0 Å². The summed E-state index contributed by atoms with van der Waals surface area (Å²) >= 11 is 12.3. The first-order valence-electron chi connectivity index (χ1n) is 6.30. The lowest BCUT2D eigenvalue weighted by Gasteiger charge is -2.21. The molecule has 106 valence electrons. The molecule has 0 radical (unpaired) electrons. The normalized spacial score (nSPS) is 14.0. The quantitative estimate of drug-likeness (QED) is 0.269. The molecule has 4 heteroatoms. The van der Waals surface area contributed by atoms with E-state index in [1.165, 1.54) is 18.3 Å².